The van der Waals surface area contributed by atoms with Crippen molar-refractivity contribution >= 4 is 17.6 Å². The van der Waals surface area contributed by atoms with Crippen molar-refractivity contribution in [2.45, 2.75) is 37.3 Å². The van der Waals surface area contributed by atoms with Crippen LogP contribution in [0.1, 0.15) is 25.3 Å². The van der Waals surface area contributed by atoms with E-state index < -0.39 is 0 Å². The highest BCUT2D eigenvalue weighted by Gasteiger charge is 2.70. The number of piperidine rings is 1. The van der Waals surface area contributed by atoms with Crippen LogP contribution in [0.15, 0.2) is 71.3 Å². The van der Waals surface area contributed by atoms with Crippen LogP contribution in [-0.2, 0) is 5.41 Å². The van der Waals surface area contributed by atoms with Crippen LogP contribution in [0, 0.1) is 11.8 Å². The third-order valence-electron chi connectivity index (χ3n) is 8.61. The van der Waals surface area contributed by atoms with Crippen LogP contribution in [0.4, 0.5) is 11.4 Å². The number of likely N-dealkylation sites (N-methyl/N-ethyl adjacent to an activating group) is 1. The van der Waals surface area contributed by atoms with E-state index in [1.165, 1.54) is 36.1 Å². The van der Waals surface area contributed by atoms with Gasteiger partial charge in [0.2, 0.25) is 0 Å². The molecule has 1 spiro atoms. The Morgan fingerprint density at radius 1 is 1.13 bits per heavy atom. The highest BCUT2D eigenvalue weighted by molar-refractivity contribution is 5.72. The molecule has 4 nitrogen and oxygen atoms in total. The second-order valence-corrected chi connectivity index (χ2v) is 9.87. The van der Waals surface area contributed by atoms with E-state index in [1.807, 2.05) is 18.2 Å². The number of fused-ring (bicyclic) bond motifs is 2. The molecule has 3 aliphatic heterocycles. The van der Waals surface area contributed by atoms with Crippen molar-refractivity contribution in [3.63, 3.8) is 0 Å². The van der Waals surface area contributed by atoms with Gasteiger partial charge in [-0.1, -0.05) is 42.5 Å². The van der Waals surface area contributed by atoms with Gasteiger partial charge in [0.05, 0.1) is 30.7 Å². The molecule has 1 aliphatic carbocycles. The first-order valence-corrected chi connectivity index (χ1v) is 11.4. The molecular formula is C26H31N4+. The summed E-state index contributed by atoms with van der Waals surface area (Å²) >= 11 is 0. The van der Waals surface area contributed by atoms with Gasteiger partial charge in [-0.25, -0.2) is 0 Å². The van der Waals surface area contributed by atoms with E-state index in [1.54, 1.807) is 11.1 Å². The summed E-state index contributed by atoms with van der Waals surface area (Å²) in [5.74, 6) is 0.966. The van der Waals surface area contributed by atoms with Crippen LogP contribution in [0.5, 0.6) is 0 Å². The van der Waals surface area contributed by atoms with Gasteiger partial charge in [0.25, 0.3) is 0 Å². The molecule has 4 aliphatic rings. The lowest BCUT2D eigenvalue weighted by molar-refractivity contribution is -0.924. The maximum absolute atomic E-state index is 4.75. The van der Waals surface area contributed by atoms with Crippen LogP contribution >= 0.6 is 0 Å². The van der Waals surface area contributed by atoms with Crippen LogP contribution in [0.3, 0.4) is 0 Å². The Labute approximate surface area is 179 Å². The van der Waals surface area contributed by atoms with Crippen molar-refractivity contribution in [3.05, 3.63) is 71.8 Å². The summed E-state index contributed by atoms with van der Waals surface area (Å²) in [7, 11) is 2.50. The molecule has 2 N–H and O–H groups in total. The Kier molecular flexibility index (Phi) is 3.91. The average Bonchev–Trinajstić information content (AvgIpc) is 3.29. The van der Waals surface area contributed by atoms with Gasteiger partial charge in [-0.15, -0.1) is 0 Å². The zero-order valence-electron chi connectivity index (χ0n) is 17.9. The molecule has 30 heavy (non-hydrogen) atoms. The van der Waals surface area contributed by atoms with Gasteiger partial charge >= 0.3 is 0 Å². The third-order valence-corrected chi connectivity index (χ3v) is 8.61. The molecule has 0 unspecified atom stereocenters. The molecule has 0 aromatic heterocycles. The van der Waals surface area contributed by atoms with E-state index in [0.717, 1.165) is 5.69 Å². The van der Waals surface area contributed by atoms with Gasteiger partial charge in [0.15, 0.2) is 0 Å². The normalized spacial score (nSPS) is 39.6. The summed E-state index contributed by atoms with van der Waals surface area (Å²) in [4.78, 5) is 0. The first-order valence-electron chi connectivity index (χ1n) is 11.4. The number of hydrogen-bond donors (Lipinski definition) is 2. The summed E-state index contributed by atoms with van der Waals surface area (Å²) in [5, 5.41) is 8.74. The van der Waals surface area contributed by atoms with E-state index in [-0.39, 0.29) is 5.41 Å². The first kappa shape index (κ1) is 18.2. The fourth-order valence-electron chi connectivity index (χ4n) is 7.34. The smallest absolute Gasteiger partial charge is 0.102 e. The Hall–Kier alpha value is -2.59. The molecule has 2 aromatic rings. The first-order chi connectivity index (χ1) is 14.7. The molecule has 2 saturated heterocycles. The number of para-hydroxylation sites is 2. The maximum Gasteiger partial charge on any atom is 0.102 e. The Morgan fingerprint density at radius 2 is 1.93 bits per heavy atom. The maximum atomic E-state index is 4.75. The van der Waals surface area contributed by atoms with E-state index >= 15 is 0 Å². The number of hydrazone groups is 1. The number of anilines is 2. The van der Waals surface area contributed by atoms with Crippen molar-refractivity contribution in [2.24, 2.45) is 16.9 Å². The summed E-state index contributed by atoms with van der Waals surface area (Å²) in [6, 6.07) is 20.4. The third kappa shape index (κ3) is 2.34. The Bertz CT molecular complexity index is 1030. The quantitative estimate of drug-likeness (QED) is 0.342. The SMILES string of the molecule is C/C=C1\C[N@+]2(C)CC[C@]34c5ccccc5N[C@@H]3[C@H](/C=N\Nc3ccccc3)[C@H]1C[C@H]42. The van der Waals surface area contributed by atoms with Crippen molar-refractivity contribution in [2.75, 3.05) is 30.9 Å². The van der Waals surface area contributed by atoms with Gasteiger partial charge in [-0.05, 0) is 36.3 Å². The van der Waals surface area contributed by atoms with Gasteiger partial charge in [0.1, 0.15) is 12.6 Å². The Balaban J connectivity index is 1.43. The average molecular weight is 400 g/mol. The molecule has 154 valence electrons. The summed E-state index contributed by atoms with van der Waals surface area (Å²) in [6.07, 6.45) is 7.15. The fourth-order valence-corrected chi connectivity index (χ4v) is 7.34. The summed E-state index contributed by atoms with van der Waals surface area (Å²) < 4.78 is 1.20. The molecule has 6 atom stereocenters. The molecule has 2 bridgehead atoms. The zero-order valence-corrected chi connectivity index (χ0v) is 17.9. The van der Waals surface area contributed by atoms with E-state index in [2.05, 4.69) is 73.4 Å². The van der Waals surface area contributed by atoms with Crippen molar-refractivity contribution in [1.29, 1.82) is 0 Å². The second-order valence-electron chi connectivity index (χ2n) is 9.87. The molecule has 4 heteroatoms. The van der Waals surface area contributed by atoms with Crippen molar-refractivity contribution in [1.82, 2.24) is 0 Å². The van der Waals surface area contributed by atoms with Crippen LogP contribution in [0.25, 0.3) is 0 Å². The minimum atomic E-state index is 0.227. The highest BCUT2D eigenvalue weighted by atomic mass is 15.4. The number of nitrogens with zero attached hydrogens (tertiary/aromatic N) is 2. The van der Waals surface area contributed by atoms with Gasteiger partial charge < -0.3 is 9.80 Å². The number of rotatable bonds is 3. The second kappa shape index (κ2) is 6.45. The Morgan fingerprint density at radius 3 is 2.77 bits per heavy atom. The molecule has 6 rings (SSSR count). The highest BCUT2D eigenvalue weighted by Crippen LogP contribution is 2.62. The molecule has 1 saturated carbocycles. The summed E-state index contributed by atoms with van der Waals surface area (Å²) in [5.41, 5.74) is 9.06. The topological polar surface area (TPSA) is 36.4 Å². The molecule has 0 radical (unpaired) electrons. The lowest BCUT2D eigenvalue weighted by Crippen LogP contribution is -2.67. The van der Waals surface area contributed by atoms with Crippen molar-refractivity contribution < 1.29 is 4.48 Å². The van der Waals surface area contributed by atoms with Gasteiger partial charge in [0, 0.05) is 36.6 Å². The number of benzene rings is 2. The van der Waals surface area contributed by atoms with Crippen LogP contribution < -0.4 is 10.7 Å². The molecule has 2 aromatic carbocycles. The lowest BCUT2D eigenvalue weighted by Gasteiger charge is -2.56. The van der Waals surface area contributed by atoms with Crippen molar-refractivity contribution in [3.8, 4) is 0 Å². The minimum absolute atomic E-state index is 0.227. The number of nitrogens with one attached hydrogen (secondary N) is 2. The molecule has 3 heterocycles. The summed E-state index contributed by atoms with van der Waals surface area (Å²) in [6.45, 7) is 4.69. The minimum Gasteiger partial charge on any atom is -0.380 e. The predicted molar refractivity (Wildman–Crippen MR) is 124 cm³/mol. The molecular weight excluding hydrogens is 368 g/mol. The van der Waals surface area contributed by atoms with Gasteiger partial charge in [-0.3, -0.25) is 5.43 Å². The zero-order chi connectivity index (χ0) is 20.3. The van der Waals surface area contributed by atoms with Crippen LogP contribution in [-0.4, -0.2) is 42.9 Å². The number of quaternary nitrogens is 1. The van der Waals surface area contributed by atoms with E-state index in [9.17, 15) is 0 Å². The lowest BCUT2D eigenvalue weighted by atomic mass is 9.55. The van der Waals surface area contributed by atoms with E-state index in [0.29, 0.717) is 23.9 Å². The molecule has 3 fully saturated rings. The molecule has 0 amide bonds. The monoisotopic (exact) mass is 399 g/mol. The number of allylic oxidation sites excluding steroid dienone is 1. The van der Waals surface area contributed by atoms with Crippen LogP contribution in [0.2, 0.25) is 0 Å². The van der Waals surface area contributed by atoms with E-state index in [4.69, 9.17) is 5.10 Å². The fraction of sp³-hybridized carbons (Fsp3) is 0.423. The standard InChI is InChI=1S/C26H31N4/c1-3-18-17-30(2)14-13-26-22-11-7-8-12-23(22)28-25(26)21(20(18)15-24(26)30)16-27-29-19-9-5-4-6-10-19/h3-12,16,20-21,24-25,28-29H,13-15,17H2,1-2H3/q+1/b18-3+,27-16-/t20-,21+,24+,25+,26+,30-/m0/s1. The largest absolute Gasteiger partial charge is 0.380 e. The van der Waals surface area contributed by atoms with Gasteiger partial charge in [-0.2, -0.15) is 5.10 Å². The predicted octanol–water partition coefficient (Wildman–Crippen LogP) is 4.63. The number of hydrogen-bond acceptors (Lipinski definition) is 3.